The standard InChI is InChI=1S/C12H17N5O2/c18-11-5-8(6-17(11)9-1-2-9)12(19)13-4-3-10-14-7-15-16-10/h7-9H,1-6H2,(H,13,19)(H,14,15,16). The van der Waals surface area contributed by atoms with Gasteiger partial charge in [0.2, 0.25) is 11.8 Å². The van der Waals surface area contributed by atoms with Crippen LogP contribution in [0.3, 0.4) is 0 Å². The summed E-state index contributed by atoms with van der Waals surface area (Å²) in [5.41, 5.74) is 0. The summed E-state index contributed by atoms with van der Waals surface area (Å²) in [7, 11) is 0. The average Bonchev–Trinajstić information content (AvgIpc) is 2.96. The molecule has 0 aromatic carbocycles. The Kier molecular flexibility index (Phi) is 3.18. The number of H-pyrrole nitrogens is 1. The van der Waals surface area contributed by atoms with E-state index in [1.165, 1.54) is 6.33 Å². The van der Waals surface area contributed by atoms with Gasteiger partial charge in [0, 0.05) is 32.0 Å². The molecule has 3 rings (SSSR count). The van der Waals surface area contributed by atoms with Gasteiger partial charge in [-0.25, -0.2) is 4.98 Å². The van der Waals surface area contributed by atoms with E-state index in [4.69, 9.17) is 0 Å². The maximum Gasteiger partial charge on any atom is 0.225 e. The Morgan fingerprint density at radius 2 is 2.37 bits per heavy atom. The van der Waals surface area contributed by atoms with Crippen LogP contribution in [0.15, 0.2) is 6.33 Å². The number of likely N-dealkylation sites (tertiary alicyclic amines) is 1. The Balaban J connectivity index is 1.44. The van der Waals surface area contributed by atoms with Crippen molar-refractivity contribution in [2.45, 2.75) is 31.7 Å². The summed E-state index contributed by atoms with van der Waals surface area (Å²) in [5.74, 6) is 0.652. The lowest BCUT2D eigenvalue weighted by Gasteiger charge is -2.15. The number of amides is 2. The zero-order chi connectivity index (χ0) is 13.2. The number of nitrogens with zero attached hydrogens (tertiary/aromatic N) is 3. The molecule has 7 nitrogen and oxygen atoms in total. The summed E-state index contributed by atoms with van der Waals surface area (Å²) in [5, 5.41) is 9.34. The van der Waals surface area contributed by atoms with E-state index in [2.05, 4.69) is 20.5 Å². The van der Waals surface area contributed by atoms with Gasteiger partial charge in [-0.15, -0.1) is 0 Å². The topological polar surface area (TPSA) is 91.0 Å². The summed E-state index contributed by atoms with van der Waals surface area (Å²) >= 11 is 0. The van der Waals surface area contributed by atoms with Crippen molar-refractivity contribution < 1.29 is 9.59 Å². The van der Waals surface area contributed by atoms with Crippen LogP contribution < -0.4 is 5.32 Å². The molecule has 2 N–H and O–H groups in total. The molecule has 1 atom stereocenters. The van der Waals surface area contributed by atoms with Gasteiger partial charge in [0.25, 0.3) is 0 Å². The highest BCUT2D eigenvalue weighted by molar-refractivity contribution is 5.89. The van der Waals surface area contributed by atoms with Gasteiger partial charge in [0.15, 0.2) is 0 Å². The van der Waals surface area contributed by atoms with Gasteiger partial charge in [0.1, 0.15) is 12.2 Å². The zero-order valence-corrected chi connectivity index (χ0v) is 10.6. The Bertz CT molecular complexity index is 468. The van der Waals surface area contributed by atoms with Gasteiger partial charge in [-0.05, 0) is 12.8 Å². The molecule has 1 aliphatic heterocycles. The van der Waals surface area contributed by atoms with Crippen molar-refractivity contribution in [3.63, 3.8) is 0 Å². The lowest BCUT2D eigenvalue weighted by Crippen LogP contribution is -2.34. The highest BCUT2D eigenvalue weighted by Gasteiger charge is 2.41. The summed E-state index contributed by atoms with van der Waals surface area (Å²) in [6.07, 6.45) is 4.60. The van der Waals surface area contributed by atoms with Crippen molar-refractivity contribution in [3.05, 3.63) is 12.2 Å². The van der Waals surface area contributed by atoms with E-state index in [0.29, 0.717) is 32.0 Å². The molecule has 2 fully saturated rings. The Morgan fingerprint density at radius 1 is 1.53 bits per heavy atom. The second-order valence-corrected chi connectivity index (χ2v) is 5.15. The number of rotatable bonds is 5. The smallest absolute Gasteiger partial charge is 0.225 e. The third kappa shape index (κ3) is 2.74. The van der Waals surface area contributed by atoms with Crippen LogP contribution in [0.1, 0.15) is 25.1 Å². The van der Waals surface area contributed by atoms with Crippen molar-refractivity contribution in [2.24, 2.45) is 5.92 Å². The Labute approximate surface area is 110 Å². The predicted octanol–water partition coefficient (Wildman–Crippen LogP) is -0.526. The molecule has 1 aliphatic carbocycles. The molecule has 1 aromatic heterocycles. The maximum absolute atomic E-state index is 12.0. The molecule has 1 saturated carbocycles. The fourth-order valence-electron chi connectivity index (χ4n) is 2.45. The average molecular weight is 263 g/mol. The summed E-state index contributed by atoms with van der Waals surface area (Å²) in [6, 6.07) is 0.402. The second kappa shape index (κ2) is 4.99. The van der Waals surface area contributed by atoms with Crippen molar-refractivity contribution in [2.75, 3.05) is 13.1 Å². The molecule has 102 valence electrons. The first kappa shape index (κ1) is 12.1. The van der Waals surface area contributed by atoms with E-state index >= 15 is 0 Å². The normalized spacial score (nSPS) is 22.8. The van der Waals surface area contributed by atoms with Gasteiger partial charge in [-0.3, -0.25) is 14.7 Å². The van der Waals surface area contributed by atoms with Crippen molar-refractivity contribution >= 4 is 11.8 Å². The number of carbonyl (C=O) groups excluding carboxylic acids is 2. The van der Waals surface area contributed by atoms with E-state index in [0.717, 1.165) is 18.7 Å². The van der Waals surface area contributed by atoms with Crippen molar-refractivity contribution in [1.82, 2.24) is 25.4 Å². The molecule has 1 unspecified atom stereocenters. The Morgan fingerprint density at radius 3 is 3.05 bits per heavy atom. The van der Waals surface area contributed by atoms with E-state index in [1.807, 2.05) is 4.90 Å². The molecule has 0 bridgehead atoms. The minimum Gasteiger partial charge on any atom is -0.355 e. The molecular formula is C12H17N5O2. The minimum atomic E-state index is -0.192. The van der Waals surface area contributed by atoms with E-state index in [9.17, 15) is 9.59 Å². The van der Waals surface area contributed by atoms with Gasteiger partial charge >= 0.3 is 0 Å². The number of hydrogen-bond donors (Lipinski definition) is 2. The number of aromatic nitrogens is 3. The summed E-state index contributed by atoms with van der Waals surface area (Å²) < 4.78 is 0. The van der Waals surface area contributed by atoms with Crippen LogP contribution in [-0.4, -0.2) is 51.0 Å². The number of carbonyl (C=O) groups is 2. The van der Waals surface area contributed by atoms with Crippen LogP contribution in [0, 0.1) is 5.92 Å². The van der Waals surface area contributed by atoms with E-state index in [1.54, 1.807) is 0 Å². The van der Waals surface area contributed by atoms with Crippen LogP contribution in [0.5, 0.6) is 0 Å². The van der Waals surface area contributed by atoms with E-state index < -0.39 is 0 Å². The second-order valence-electron chi connectivity index (χ2n) is 5.15. The molecule has 7 heteroatoms. The molecule has 2 heterocycles. The number of hydrogen-bond acceptors (Lipinski definition) is 4. The van der Waals surface area contributed by atoms with Crippen LogP contribution in [-0.2, 0) is 16.0 Å². The number of aromatic amines is 1. The molecule has 1 saturated heterocycles. The largest absolute Gasteiger partial charge is 0.355 e. The maximum atomic E-state index is 12.0. The van der Waals surface area contributed by atoms with Crippen molar-refractivity contribution in [3.8, 4) is 0 Å². The molecule has 2 aliphatic rings. The predicted molar refractivity (Wildman–Crippen MR) is 65.9 cm³/mol. The van der Waals surface area contributed by atoms with Crippen molar-refractivity contribution in [1.29, 1.82) is 0 Å². The van der Waals surface area contributed by atoms with Gasteiger partial charge in [-0.2, -0.15) is 5.10 Å². The van der Waals surface area contributed by atoms with Crippen LogP contribution in [0.2, 0.25) is 0 Å². The quantitative estimate of drug-likeness (QED) is 0.747. The monoisotopic (exact) mass is 263 g/mol. The van der Waals surface area contributed by atoms with Crippen LogP contribution in [0.4, 0.5) is 0 Å². The SMILES string of the molecule is O=C(NCCc1ncn[nH]1)C1CC(=O)N(C2CC2)C1. The fourth-order valence-corrected chi connectivity index (χ4v) is 2.45. The third-order valence-electron chi connectivity index (χ3n) is 3.64. The lowest BCUT2D eigenvalue weighted by molar-refractivity contribution is -0.129. The van der Waals surface area contributed by atoms with Gasteiger partial charge < -0.3 is 10.2 Å². The summed E-state index contributed by atoms with van der Waals surface area (Å²) in [4.78, 5) is 29.6. The molecule has 19 heavy (non-hydrogen) atoms. The molecular weight excluding hydrogens is 246 g/mol. The minimum absolute atomic E-state index is 0.0315. The molecule has 0 spiro atoms. The van der Waals surface area contributed by atoms with Crippen LogP contribution in [0.25, 0.3) is 0 Å². The molecule has 0 radical (unpaired) electrons. The molecule has 1 aromatic rings. The lowest BCUT2D eigenvalue weighted by atomic mass is 10.1. The third-order valence-corrected chi connectivity index (χ3v) is 3.64. The first-order chi connectivity index (χ1) is 9.24. The fraction of sp³-hybridized carbons (Fsp3) is 0.667. The first-order valence-corrected chi connectivity index (χ1v) is 6.65. The Hall–Kier alpha value is -1.92. The zero-order valence-electron chi connectivity index (χ0n) is 10.6. The summed E-state index contributed by atoms with van der Waals surface area (Å²) in [6.45, 7) is 1.10. The highest BCUT2D eigenvalue weighted by atomic mass is 16.2. The number of nitrogens with one attached hydrogen (secondary N) is 2. The highest BCUT2D eigenvalue weighted by Crippen LogP contribution is 2.32. The molecule has 2 amide bonds. The van der Waals surface area contributed by atoms with Gasteiger partial charge in [-0.1, -0.05) is 0 Å². The van der Waals surface area contributed by atoms with Crippen LogP contribution >= 0.6 is 0 Å². The van der Waals surface area contributed by atoms with E-state index in [-0.39, 0.29) is 17.7 Å². The van der Waals surface area contributed by atoms with Gasteiger partial charge in [0.05, 0.1) is 5.92 Å². The first-order valence-electron chi connectivity index (χ1n) is 6.65.